The average molecular weight is 314 g/mol. The van der Waals surface area contributed by atoms with Crippen LogP contribution in [0.2, 0.25) is 0 Å². The van der Waals surface area contributed by atoms with Gasteiger partial charge in [0.1, 0.15) is 11.5 Å². The number of phenols is 1. The molecule has 2 aromatic rings. The number of rotatable bonds is 6. The topological polar surface area (TPSA) is 91.2 Å². The number of ether oxygens (including phenoxy) is 1. The van der Waals surface area contributed by atoms with E-state index in [9.17, 15) is 15.0 Å². The summed E-state index contributed by atoms with van der Waals surface area (Å²) in [5, 5.41) is 23.5. The van der Waals surface area contributed by atoms with Crippen LogP contribution in [0, 0.1) is 0 Å². The highest BCUT2D eigenvalue weighted by atomic mass is 16.5. The summed E-state index contributed by atoms with van der Waals surface area (Å²) in [6.45, 7) is 2.35. The zero-order valence-corrected chi connectivity index (χ0v) is 12.6. The minimum absolute atomic E-state index is 0.0162. The summed E-state index contributed by atoms with van der Waals surface area (Å²) >= 11 is 0. The molecule has 0 radical (unpaired) electrons. The second-order valence-corrected chi connectivity index (χ2v) is 4.70. The van der Waals surface area contributed by atoms with Crippen molar-refractivity contribution < 1.29 is 19.7 Å². The number of carbonyl (C=O) groups excluding carboxylic acids is 1. The predicted octanol–water partition coefficient (Wildman–Crippen LogP) is 1.97. The zero-order valence-electron chi connectivity index (χ0n) is 12.6. The van der Waals surface area contributed by atoms with Crippen LogP contribution in [0.25, 0.3) is 0 Å². The molecular formula is C17H18N2O4. The third kappa shape index (κ3) is 4.55. The van der Waals surface area contributed by atoms with E-state index >= 15 is 0 Å². The number of benzene rings is 2. The molecule has 6 nitrogen and oxygen atoms in total. The number of aromatic hydroxyl groups is 1. The molecule has 0 bridgehead atoms. The lowest BCUT2D eigenvalue weighted by Crippen LogP contribution is -2.25. The van der Waals surface area contributed by atoms with E-state index < -0.39 is 12.0 Å². The second kappa shape index (κ2) is 7.95. The van der Waals surface area contributed by atoms with Crippen molar-refractivity contribution in [3.05, 3.63) is 59.7 Å². The van der Waals surface area contributed by atoms with Crippen LogP contribution in [0.15, 0.2) is 53.6 Å². The van der Waals surface area contributed by atoms with Crippen LogP contribution in [0.5, 0.6) is 11.5 Å². The van der Waals surface area contributed by atoms with Crippen molar-refractivity contribution in [2.75, 3.05) is 6.61 Å². The molecule has 0 aliphatic carbocycles. The minimum Gasteiger partial charge on any atom is -0.507 e. The van der Waals surface area contributed by atoms with Crippen molar-refractivity contribution >= 4 is 12.1 Å². The molecule has 23 heavy (non-hydrogen) atoms. The molecule has 2 rings (SSSR count). The van der Waals surface area contributed by atoms with Gasteiger partial charge in [-0.1, -0.05) is 30.3 Å². The highest BCUT2D eigenvalue weighted by molar-refractivity contribution is 5.86. The van der Waals surface area contributed by atoms with Crippen LogP contribution in [0.3, 0.4) is 0 Å². The van der Waals surface area contributed by atoms with E-state index in [1.165, 1.54) is 12.3 Å². The van der Waals surface area contributed by atoms with Crippen molar-refractivity contribution in [2.24, 2.45) is 5.10 Å². The molecule has 0 fully saturated rings. The third-order valence-corrected chi connectivity index (χ3v) is 3.05. The van der Waals surface area contributed by atoms with Crippen molar-refractivity contribution in [1.82, 2.24) is 5.43 Å². The van der Waals surface area contributed by atoms with Gasteiger partial charge in [-0.2, -0.15) is 5.10 Å². The SMILES string of the molecule is CCOc1ccc(/C=N\NC(=O)[C@H](O)c2ccccc2)c(O)c1. The molecule has 0 spiro atoms. The molecule has 0 aliphatic heterocycles. The summed E-state index contributed by atoms with van der Waals surface area (Å²) in [5.41, 5.74) is 3.13. The molecule has 0 unspecified atom stereocenters. The van der Waals surface area contributed by atoms with Crippen molar-refractivity contribution in [1.29, 1.82) is 0 Å². The molecule has 3 N–H and O–H groups in total. The summed E-state index contributed by atoms with van der Waals surface area (Å²) in [6.07, 6.45) is -0.0111. The van der Waals surface area contributed by atoms with Gasteiger partial charge in [0.2, 0.25) is 0 Å². The van der Waals surface area contributed by atoms with Crippen LogP contribution in [-0.2, 0) is 4.79 Å². The van der Waals surface area contributed by atoms with Crippen molar-refractivity contribution in [3.63, 3.8) is 0 Å². The Morgan fingerprint density at radius 3 is 2.70 bits per heavy atom. The number of aliphatic hydroxyl groups excluding tert-OH is 1. The first-order valence-electron chi connectivity index (χ1n) is 7.13. The first-order valence-corrected chi connectivity index (χ1v) is 7.13. The van der Waals surface area contributed by atoms with E-state index in [1.54, 1.807) is 42.5 Å². The Morgan fingerprint density at radius 1 is 1.30 bits per heavy atom. The quantitative estimate of drug-likeness (QED) is 0.561. The summed E-state index contributed by atoms with van der Waals surface area (Å²) in [6, 6.07) is 13.3. The number of hydrogen-bond donors (Lipinski definition) is 3. The molecule has 1 atom stereocenters. The zero-order chi connectivity index (χ0) is 16.7. The van der Waals surface area contributed by atoms with Gasteiger partial charge in [-0.05, 0) is 24.6 Å². The van der Waals surface area contributed by atoms with Gasteiger partial charge < -0.3 is 14.9 Å². The molecule has 6 heteroatoms. The monoisotopic (exact) mass is 314 g/mol. The summed E-state index contributed by atoms with van der Waals surface area (Å²) in [5.74, 6) is -0.124. The minimum atomic E-state index is -1.30. The number of nitrogens with one attached hydrogen (secondary N) is 1. The predicted molar refractivity (Wildman–Crippen MR) is 86.4 cm³/mol. The molecule has 1 amide bonds. The first-order chi connectivity index (χ1) is 11.1. The highest BCUT2D eigenvalue weighted by Crippen LogP contribution is 2.22. The van der Waals surface area contributed by atoms with Crippen LogP contribution >= 0.6 is 0 Å². The maximum absolute atomic E-state index is 11.8. The number of aliphatic hydroxyl groups is 1. The van der Waals surface area contributed by atoms with Gasteiger partial charge in [-0.25, -0.2) is 5.43 Å². The van der Waals surface area contributed by atoms with Crippen molar-refractivity contribution in [3.8, 4) is 11.5 Å². The number of nitrogens with zero attached hydrogens (tertiary/aromatic N) is 1. The Labute approximate surface area is 134 Å². The van der Waals surface area contributed by atoms with Gasteiger partial charge in [-0.15, -0.1) is 0 Å². The van der Waals surface area contributed by atoms with E-state index in [1.807, 2.05) is 6.92 Å². The maximum Gasteiger partial charge on any atom is 0.273 e. The lowest BCUT2D eigenvalue weighted by atomic mass is 10.1. The smallest absolute Gasteiger partial charge is 0.273 e. The van der Waals surface area contributed by atoms with Gasteiger partial charge in [0.25, 0.3) is 5.91 Å². The lowest BCUT2D eigenvalue weighted by Gasteiger charge is -2.08. The van der Waals surface area contributed by atoms with E-state index in [-0.39, 0.29) is 5.75 Å². The van der Waals surface area contributed by atoms with Crippen molar-refractivity contribution in [2.45, 2.75) is 13.0 Å². The maximum atomic E-state index is 11.8. The van der Waals surface area contributed by atoms with E-state index in [0.717, 1.165) is 0 Å². The fraction of sp³-hybridized carbons (Fsp3) is 0.176. The molecule has 0 saturated heterocycles. The van der Waals surface area contributed by atoms with E-state index in [4.69, 9.17) is 4.74 Å². The fourth-order valence-electron chi connectivity index (χ4n) is 1.90. The standard InChI is InChI=1S/C17H18N2O4/c1-2-23-14-9-8-13(15(20)10-14)11-18-19-17(22)16(21)12-6-4-3-5-7-12/h3-11,16,20-21H,2H2,1H3,(H,19,22)/b18-11-/t16-/m1/s1. The summed E-state index contributed by atoms with van der Waals surface area (Å²) in [4.78, 5) is 11.8. The first kappa shape index (κ1) is 16.5. The van der Waals surface area contributed by atoms with Crippen LogP contribution in [-0.4, -0.2) is 28.9 Å². The molecule has 2 aromatic carbocycles. The highest BCUT2D eigenvalue weighted by Gasteiger charge is 2.15. The van der Waals surface area contributed by atoms with E-state index in [2.05, 4.69) is 10.5 Å². The molecule has 0 aromatic heterocycles. The van der Waals surface area contributed by atoms with E-state index in [0.29, 0.717) is 23.5 Å². The Hall–Kier alpha value is -2.86. The normalized spacial score (nSPS) is 12.1. The number of hydrogen-bond acceptors (Lipinski definition) is 5. The van der Waals surface area contributed by atoms with Gasteiger partial charge in [-0.3, -0.25) is 4.79 Å². The number of hydrazone groups is 1. The third-order valence-electron chi connectivity index (χ3n) is 3.05. The lowest BCUT2D eigenvalue weighted by molar-refractivity contribution is -0.129. The Morgan fingerprint density at radius 2 is 2.04 bits per heavy atom. The molecule has 0 heterocycles. The molecule has 0 saturated carbocycles. The number of amides is 1. The Bertz CT molecular complexity index is 686. The van der Waals surface area contributed by atoms with Crippen LogP contribution in [0.4, 0.5) is 0 Å². The average Bonchev–Trinajstić information content (AvgIpc) is 2.57. The number of phenolic OH excluding ortho intramolecular Hbond substituents is 1. The largest absolute Gasteiger partial charge is 0.507 e. The number of carbonyl (C=O) groups is 1. The molecule has 120 valence electrons. The van der Waals surface area contributed by atoms with Gasteiger partial charge >= 0.3 is 0 Å². The van der Waals surface area contributed by atoms with Gasteiger partial charge in [0.15, 0.2) is 6.10 Å². The van der Waals surface area contributed by atoms with Gasteiger partial charge in [0.05, 0.1) is 12.8 Å². The second-order valence-electron chi connectivity index (χ2n) is 4.70. The Kier molecular flexibility index (Phi) is 5.71. The molecule has 0 aliphatic rings. The van der Waals surface area contributed by atoms with Crippen LogP contribution in [0.1, 0.15) is 24.2 Å². The van der Waals surface area contributed by atoms with Crippen LogP contribution < -0.4 is 10.2 Å². The Balaban J connectivity index is 1.97. The van der Waals surface area contributed by atoms with Gasteiger partial charge in [0, 0.05) is 11.6 Å². The summed E-state index contributed by atoms with van der Waals surface area (Å²) in [7, 11) is 0. The fourth-order valence-corrected chi connectivity index (χ4v) is 1.90. The summed E-state index contributed by atoms with van der Waals surface area (Å²) < 4.78 is 5.26. The molecular weight excluding hydrogens is 296 g/mol.